The summed E-state index contributed by atoms with van der Waals surface area (Å²) in [6.45, 7) is 5.82. The van der Waals surface area contributed by atoms with Crippen LogP contribution in [0.4, 0.5) is 4.79 Å². The summed E-state index contributed by atoms with van der Waals surface area (Å²) in [6.07, 6.45) is 0.479. The van der Waals surface area contributed by atoms with Crippen molar-refractivity contribution >= 4 is 39.8 Å². The summed E-state index contributed by atoms with van der Waals surface area (Å²) < 4.78 is 11.2. The number of furan rings is 1. The maximum atomic E-state index is 12.6. The SMILES string of the molecule is Cc1oc2cc3oc(=O)c(CCC(=O)NC(CCCNC(N)=O)C(=O)O)c(C)c3cc2c1C. The van der Waals surface area contributed by atoms with E-state index in [1.807, 2.05) is 19.9 Å². The molecule has 0 bridgehead atoms. The van der Waals surface area contributed by atoms with Crippen molar-refractivity contribution in [1.82, 2.24) is 10.6 Å². The van der Waals surface area contributed by atoms with Crippen LogP contribution in [0.15, 0.2) is 25.8 Å². The highest BCUT2D eigenvalue weighted by atomic mass is 16.4. The Kier molecular flexibility index (Phi) is 7.05. The zero-order valence-corrected chi connectivity index (χ0v) is 18.7. The van der Waals surface area contributed by atoms with Gasteiger partial charge in [0, 0.05) is 35.4 Å². The lowest BCUT2D eigenvalue weighted by atomic mass is 10.00. The van der Waals surface area contributed by atoms with Crippen LogP contribution in [-0.4, -0.2) is 35.6 Å². The predicted molar refractivity (Wildman–Crippen MR) is 121 cm³/mol. The molecule has 0 saturated carbocycles. The molecule has 10 nitrogen and oxygen atoms in total. The van der Waals surface area contributed by atoms with Gasteiger partial charge in [0.1, 0.15) is 23.0 Å². The summed E-state index contributed by atoms with van der Waals surface area (Å²) in [6, 6.07) is 1.80. The molecule has 0 saturated heterocycles. The molecule has 0 spiro atoms. The Morgan fingerprint density at radius 3 is 2.39 bits per heavy atom. The fraction of sp³-hybridized carbons (Fsp3) is 0.391. The van der Waals surface area contributed by atoms with Crippen molar-refractivity contribution < 1.29 is 28.3 Å². The molecule has 3 aromatic rings. The summed E-state index contributed by atoms with van der Waals surface area (Å²) in [4.78, 5) is 47.0. The number of carboxylic acid groups (broad SMARTS) is 1. The number of hydrogen-bond acceptors (Lipinski definition) is 6. The third kappa shape index (κ3) is 5.33. The van der Waals surface area contributed by atoms with Crippen LogP contribution in [0.3, 0.4) is 0 Å². The van der Waals surface area contributed by atoms with Gasteiger partial charge in [0.2, 0.25) is 5.91 Å². The highest BCUT2D eigenvalue weighted by molar-refractivity contribution is 5.96. The van der Waals surface area contributed by atoms with Gasteiger partial charge in [0.15, 0.2) is 0 Å². The first kappa shape index (κ1) is 23.8. The van der Waals surface area contributed by atoms with Crippen LogP contribution in [0.1, 0.15) is 41.7 Å². The van der Waals surface area contributed by atoms with E-state index in [9.17, 15) is 24.3 Å². The minimum absolute atomic E-state index is 0.0769. The van der Waals surface area contributed by atoms with Gasteiger partial charge in [-0.05, 0) is 57.2 Å². The Balaban J connectivity index is 1.73. The summed E-state index contributed by atoms with van der Waals surface area (Å²) in [7, 11) is 0. The molecule has 0 radical (unpaired) electrons. The smallest absolute Gasteiger partial charge is 0.339 e. The molecule has 176 valence electrons. The third-order valence-electron chi connectivity index (χ3n) is 5.79. The molecule has 1 aromatic carbocycles. The average Bonchev–Trinajstić information content (AvgIpc) is 3.01. The molecular weight excluding hydrogens is 430 g/mol. The molecule has 33 heavy (non-hydrogen) atoms. The van der Waals surface area contributed by atoms with E-state index in [1.54, 1.807) is 13.0 Å². The highest BCUT2D eigenvalue weighted by Gasteiger charge is 2.21. The number of hydrogen-bond donors (Lipinski definition) is 4. The molecule has 5 N–H and O–H groups in total. The standard InChI is InChI=1S/C23H27N3O7/c1-11-13(3)32-18-10-19-16(9-15(11)18)12(2)14(22(30)33-19)6-7-20(27)26-17(21(28)29)5-4-8-25-23(24)31/h9-10,17H,4-8H2,1-3H3,(H,26,27)(H,28,29)(H3,24,25,31). The quantitative estimate of drug-likeness (QED) is 0.283. The van der Waals surface area contributed by atoms with E-state index in [4.69, 9.17) is 14.6 Å². The van der Waals surface area contributed by atoms with Crippen molar-refractivity contribution in [1.29, 1.82) is 0 Å². The van der Waals surface area contributed by atoms with Crippen LogP contribution in [0.2, 0.25) is 0 Å². The Hall–Kier alpha value is -3.82. The van der Waals surface area contributed by atoms with Crippen molar-refractivity contribution in [3.8, 4) is 0 Å². The molecule has 3 amide bonds. The number of amides is 3. The second-order valence-electron chi connectivity index (χ2n) is 8.01. The highest BCUT2D eigenvalue weighted by Crippen LogP contribution is 2.31. The maximum absolute atomic E-state index is 12.6. The number of nitrogens with two attached hydrogens (primary N) is 1. The van der Waals surface area contributed by atoms with E-state index in [0.29, 0.717) is 28.7 Å². The Morgan fingerprint density at radius 1 is 1.06 bits per heavy atom. The van der Waals surface area contributed by atoms with Crippen LogP contribution < -0.4 is 22.0 Å². The molecule has 3 rings (SSSR count). The van der Waals surface area contributed by atoms with Crippen molar-refractivity contribution in [3.05, 3.63) is 45.0 Å². The van der Waals surface area contributed by atoms with Crippen molar-refractivity contribution in [2.45, 2.75) is 52.5 Å². The average molecular weight is 457 g/mol. The van der Waals surface area contributed by atoms with E-state index < -0.39 is 29.6 Å². The third-order valence-corrected chi connectivity index (χ3v) is 5.79. The fourth-order valence-electron chi connectivity index (χ4n) is 3.79. The number of rotatable bonds is 9. The van der Waals surface area contributed by atoms with E-state index in [0.717, 1.165) is 22.1 Å². The molecule has 1 unspecified atom stereocenters. The molecule has 0 fully saturated rings. The minimum Gasteiger partial charge on any atom is -0.480 e. The van der Waals surface area contributed by atoms with Crippen LogP contribution in [0, 0.1) is 20.8 Å². The Morgan fingerprint density at radius 2 is 1.73 bits per heavy atom. The minimum atomic E-state index is -1.18. The molecule has 2 heterocycles. The molecule has 2 aromatic heterocycles. The van der Waals surface area contributed by atoms with Gasteiger partial charge in [-0.2, -0.15) is 0 Å². The second-order valence-corrected chi connectivity index (χ2v) is 8.01. The first-order chi connectivity index (χ1) is 15.6. The number of benzene rings is 1. The van der Waals surface area contributed by atoms with Crippen molar-refractivity contribution in [2.24, 2.45) is 5.73 Å². The number of aliphatic carboxylic acids is 1. The van der Waals surface area contributed by atoms with Gasteiger partial charge >= 0.3 is 17.6 Å². The van der Waals surface area contributed by atoms with Crippen molar-refractivity contribution in [2.75, 3.05) is 6.54 Å². The molecule has 0 aliphatic carbocycles. The number of nitrogens with one attached hydrogen (secondary N) is 2. The van der Waals surface area contributed by atoms with Crippen LogP contribution in [0.5, 0.6) is 0 Å². The van der Waals surface area contributed by atoms with Gasteiger partial charge in [-0.1, -0.05) is 0 Å². The number of carbonyl (C=O) groups is 3. The fourth-order valence-corrected chi connectivity index (χ4v) is 3.79. The topological polar surface area (TPSA) is 165 Å². The van der Waals surface area contributed by atoms with E-state index in [-0.39, 0.29) is 25.8 Å². The normalized spacial score (nSPS) is 12.1. The van der Waals surface area contributed by atoms with Gasteiger partial charge in [0.05, 0.1) is 0 Å². The first-order valence-corrected chi connectivity index (χ1v) is 10.6. The molecule has 0 aliphatic heterocycles. The molecular formula is C23H27N3O7. The molecule has 10 heteroatoms. The maximum Gasteiger partial charge on any atom is 0.339 e. The number of primary amides is 1. The monoisotopic (exact) mass is 457 g/mol. The van der Waals surface area contributed by atoms with E-state index in [2.05, 4.69) is 10.6 Å². The van der Waals surface area contributed by atoms with E-state index >= 15 is 0 Å². The van der Waals surface area contributed by atoms with Crippen LogP contribution in [-0.2, 0) is 16.0 Å². The lowest BCUT2D eigenvalue weighted by molar-refractivity contribution is -0.142. The van der Waals surface area contributed by atoms with Crippen molar-refractivity contribution in [3.63, 3.8) is 0 Å². The number of carbonyl (C=O) groups excluding carboxylic acids is 2. The lowest BCUT2D eigenvalue weighted by Crippen LogP contribution is -2.41. The van der Waals surface area contributed by atoms with Crippen LogP contribution in [0.25, 0.3) is 21.9 Å². The largest absolute Gasteiger partial charge is 0.480 e. The summed E-state index contributed by atoms with van der Waals surface area (Å²) in [5.41, 5.74) is 7.55. The Labute approximate surface area is 189 Å². The predicted octanol–water partition coefficient (Wildman–Crippen LogP) is 2.41. The summed E-state index contributed by atoms with van der Waals surface area (Å²) >= 11 is 0. The van der Waals surface area contributed by atoms with Gasteiger partial charge in [-0.3, -0.25) is 4.79 Å². The molecule has 0 aliphatic rings. The zero-order chi connectivity index (χ0) is 24.3. The van der Waals surface area contributed by atoms with Gasteiger partial charge in [-0.25, -0.2) is 14.4 Å². The first-order valence-electron chi connectivity index (χ1n) is 10.6. The summed E-state index contributed by atoms with van der Waals surface area (Å²) in [5, 5.41) is 15.8. The van der Waals surface area contributed by atoms with E-state index in [1.165, 1.54) is 0 Å². The van der Waals surface area contributed by atoms with Gasteiger partial charge < -0.3 is 30.3 Å². The number of aryl methyl sites for hydroxylation is 3. The van der Waals surface area contributed by atoms with Crippen LogP contribution >= 0.6 is 0 Å². The summed E-state index contributed by atoms with van der Waals surface area (Å²) in [5.74, 6) is -0.893. The lowest BCUT2D eigenvalue weighted by Gasteiger charge is -2.15. The Bertz CT molecular complexity index is 1290. The number of carboxylic acids is 1. The number of urea groups is 1. The second kappa shape index (κ2) is 9.76. The van der Waals surface area contributed by atoms with Gasteiger partial charge in [-0.15, -0.1) is 0 Å². The molecule has 1 atom stereocenters. The zero-order valence-electron chi connectivity index (χ0n) is 18.7. The number of fused-ring (bicyclic) bond motifs is 2. The van der Waals surface area contributed by atoms with Gasteiger partial charge in [0.25, 0.3) is 0 Å².